The van der Waals surface area contributed by atoms with Crippen LogP contribution in [0.4, 0.5) is 0 Å². The zero-order valence-corrected chi connectivity index (χ0v) is 13.9. The summed E-state index contributed by atoms with van der Waals surface area (Å²) in [4.78, 5) is 30.1. The number of hydrogen-bond acceptors (Lipinski definition) is 5. The molecule has 0 fully saturated rings. The van der Waals surface area contributed by atoms with E-state index >= 15 is 0 Å². The highest BCUT2D eigenvalue weighted by Crippen LogP contribution is 2.26. The van der Waals surface area contributed by atoms with Crippen LogP contribution in [-0.2, 0) is 13.0 Å². The SMILES string of the molecule is O=C(O)c1n[nH]c2c1CN(C(=O)c1csc(-c3ccccc3)n1)CC2. The van der Waals surface area contributed by atoms with Crippen LogP contribution in [0.1, 0.15) is 32.2 Å². The Kier molecular flexibility index (Phi) is 3.81. The third kappa shape index (κ3) is 2.80. The van der Waals surface area contributed by atoms with Crippen LogP contribution in [0.15, 0.2) is 35.7 Å². The second kappa shape index (κ2) is 6.14. The molecule has 1 aliphatic heterocycles. The Balaban J connectivity index is 1.57. The maximum atomic E-state index is 12.7. The van der Waals surface area contributed by atoms with Crippen LogP contribution >= 0.6 is 11.3 Å². The fourth-order valence-electron chi connectivity index (χ4n) is 2.89. The Morgan fingerprint density at radius 2 is 2.04 bits per heavy atom. The van der Waals surface area contributed by atoms with Crippen LogP contribution in [0.25, 0.3) is 10.6 Å². The number of fused-ring (bicyclic) bond motifs is 1. The lowest BCUT2D eigenvalue weighted by molar-refractivity contribution is 0.0673. The molecule has 0 saturated carbocycles. The highest BCUT2D eigenvalue weighted by Gasteiger charge is 2.29. The Bertz CT molecular complexity index is 948. The van der Waals surface area contributed by atoms with Crippen LogP contribution in [0.2, 0.25) is 0 Å². The van der Waals surface area contributed by atoms with Gasteiger partial charge in [-0.25, -0.2) is 9.78 Å². The molecule has 7 nitrogen and oxygen atoms in total. The first-order valence-corrected chi connectivity index (χ1v) is 8.61. The van der Waals surface area contributed by atoms with E-state index in [1.807, 2.05) is 30.3 Å². The number of aromatic carboxylic acids is 1. The van der Waals surface area contributed by atoms with E-state index in [1.165, 1.54) is 11.3 Å². The Morgan fingerprint density at radius 1 is 1.24 bits per heavy atom. The molecular formula is C17H14N4O3S. The fraction of sp³-hybridized carbons (Fsp3) is 0.176. The van der Waals surface area contributed by atoms with Crippen molar-refractivity contribution >= 4 is 23.2 Å². The highest BCUT2D eigenvalue weighted by molar-refractivity contribution is 7.13. The van der Waals surface area contributed by atoms with E-state index in [9.17, 15) is 14.7 Å². The van der Waals surface area contributed by atoms with Crippen LogP contribution < -0.4 is 0 Å². The van der Waals surface area contributed by atoms with Gasteiger partial charge in [-0.2, -0.15) is 5.10 Å². The summed E-state index contributed by atoms with van der Waals surface area (Å²) in [5.41, 5.74) is 2.69. The molecule has 0 unspecified atom stereocenters. The van der Waals surface area contributed by atoms with Crippen molar-refractivity contribution in [2.24, 2.45) is 0 Å². The van der Waals surface area contributed by atoms with Crippen molar-refractivity contribution in [1.29, 1.82) is 0 Å². The lowest BCUT2D eigenvalue weighted by Crippen LogP contribution is -2.36. The van der Waals surface area contributed by atoms with Crippen LogP contribution in [0.3, 0.4) is 0 Å². The van der Waals surface area contributed by atoms with Gasteiger partial charge in [-0.15, -0.1) is 11.3 Å². The molecule has 2 N–H and O–H groups in total. The second-order valence-electron chi connectivity index (χ2n) is 5.72. The fourth-order valence-corrected chi connectivity index (χ4v) is 3.69. The lowest BCUT2D eigenvalue weighted by Gasteiger charge is -2.26. The number of nitrogens with one attached hydrogen (secondary N) is 1. The third-order valence-corrected chi connectivity index (χ3v) is 5.06. The molecule has 8 heteroatoms. The molecule has 4 rings (SSSR count). The Morgan fingerprint density at radius 3 is 2.80 bits per heavy atom. The summed E-state index contributed by atoms with van der Waals surface area (Å²) in [5, 5.41) is 18.3. The second-order valence-corrected chi connectivity index (χ2v) is 6.57. The van der Waals surface area contributed by atoms with Crippen LogP contribution in [0.5, 0.6) is 0 Å². The largest absolute Gasteiger partial charge is 0.476 e. The number of carboxylic acid groups (broad SMARTS) is 1. The third-order valence-electron chi connectivity index (χ3n) is 4.17. The average molecular weight is 354 g/mol. The predicted octanol–water partition coefficient (Wildman–Crippen LogP) is 2.43. The number of carbonyl (C=O) groups is 2. The minimum atomic E-state index is -1.09. The molecule has 1 amide bonds. The van der Waals surface area contributed by atoms with E-state index < -0.39 is 5.97 Å². The number of hydrogen-bond donors (Lipinski definition) is 2. The molecule has 0 bridgehead atoms. The molecule has 0 saturated heterocycles. The minimum absolute atomic E-state index is 0.0178. The van der Waals surface area contributed by atoms with Crippen molar-refractivity contribution in [1.82, 2.24) is 20.1 Å². The van der Waals surface area contributed by atoms with Gasteiger partial charge in [-0.3, -0.25) is 9.89 Å². The standard InChI is InChI=1S/C17H14N4O3S/c22-16(13-9-25-15(18-13)10-4-2-1-3-5-10)21-7-6-12-11(8-21)14(17(23)24)20-19-12/h1-5,9H,6-8H2,(H,19,20)(H,23,24). The smallest absolute Gasteiger partial charge is 0.356 e. The zero-order valence-electron chi connectivity index (χ0n) is 13.1. The first-order chi connectivity index (χ1) is 12.1. The monoisotopic (exact) mass is 354 g/mol. The normalized spacial score (nSPS) is 13.5. The number of benzene rings is 1. The molecule has 3 aromatic rings. The van der Waals surface area contributed by atoms with E-state index in [0.29, 0.717) is 24.2 Å². The van der Waals surface area contributed by atoms with Gasteiger partial charge in [0.15, 0.2) is 5.69 Å². The number of thiazole rings is 1. The molecule has 0 spiro atoms. The summed E-state index contributed by atoms with van der Waals surface area (Å²) in [7, 11) is 0. The lowest BCUT2D eigenvalue weighted by atomic mass is 10.1. The average Bonchev–Trinajstić information content (AvgIpc) is 3.28. The maximum Gasteiger partial charge on any atom is 0.356 e. The minimum Gasteiger partial charge on any atom is -0.476 e. The zero-order chi connectivity index (χ0) is 17.4. The van der Waals surface area contributed by atoms with Gasteiger partial charge in [0.25, 0.3) is 5.91 Å². The van der Waals surface area contributed by atoms with E-state index in [2.05, 4.69) is 15.2 Å². The topological polar surface area (TPSA) is 99.2 Å². The van der Waals surface area contributed by atoms with Gasteiger partial charge in [0.05, 0.1) is 6.54 Å². The predicted molar refractivity (Wildman–Crippen MR) is 91.5 cm³/mol. The summed E-state index contributed by atoms with van der Waals surface area (Å²) in [6, 6.07) is 9.68. The van der Waals surface area contributed by atoms with Gasteiger partial charge in [-0.05, 0) is 0 Å². The van der Waals surface area contributed by atoms with Gasteiger partial charge in [0.1, 0.15) is 10.7 Å². The van der Waals surface area contributed by atoms with Crippen LogP contribution in [0, 0.1) is 0 Å². The summed E-state index contributed by atoms with van der Waals surface area (Å²) < 4.78 is 0. The van der Waals surface area contributed by atoms with Crippen molar-refractivity contribution in [2.75, 3.05) is 6.54 Å². The van der Waals surface area contributed by atoms with E-state index in [4.69, 9.17) is 0 Å². The van der Waals surface area contributed by atoms with Gasteiger partial charge < -0.3 is 10.0 Å². The van der Waals surface area contributed by atoms with Gasteiger partial charge >= 0.3 is 5.97 Å². The molecule has 1 aliphatic rings. The number of nitrogens with zero attached hydrogens (tertiary/aromatic N) is 3. The van der Waals surface area contributed by atoms with Crippen molar-refractivity contribution in [3.8, 4) is 10.6 Å². The number of aromatic nitrogens is 3. The van der Waals surface area contributed by atoms with Crippen molar-refractivity contribution < 1.29 is 14.7 Å². The van der Waals surface area contributed by atoms with E-state index in [-0.39, 0.29) is 18.1 Å². The molecule has 3 heterocycles. The molecule has 1 aromatic carbocycles. The van der Waals surface area contributed by atoms with Gasteiger partial charge in [0.2, 0.25) is 0 Å². The van der Waals surface area contributed by atoms with E-state index in [0.717, 1.165) is 16.3 Å². The summed E-state index contributed by atoms with van der Waals surface area (Å²) >= 11 is 1.42. The Hall–Kier alpha value is -3.00. The quantitative estimate of drug-likeness (QED) is 0.752. The summed E-state index contributed by atoms with van der Waals surface area (Å²) in [6.07, 6.45) is 0.553. The first kappa shape index (κ1) is 15.5. The highest BCUT2D eigenvalue weighted by atomic mass is 32.1. The summed E-state index contributed by atoms with van der Waals surface area (Å²) in [5.74, 6) is -1.28. The number of carboxylic acids is 1. The molecule has 2 aromatic heterocycles. The maximum absolute atomic E-state index is 12.7. The molecule has 0 radical (unpaired) electrons. The van der Waals surface area contributed by atoms with Gasteiger partial charge in [-0.1, -0.05) is 30.3 Å². The molecule has 25 heavy (non-hydrogen) atoms. The number of amides is 1. The molecule has 126 valence electrons. The van der Waals surface area contributed by atoms with Gasteiger partial charge in [0, 0.05) is 35.2 Å². The molecule has 0 atom stereocenters. The number of rotatable bonds is 3. The van der Waals surface area contributed by atoms with Crippen molar-refractivity contribution in [3.05, 3.63) is 58.4 Å². The van der Waals surface area contributed by atoms with Crippen molar-refractivity contribution in [3.63, 3.8) is 0 Å². The molecule has 0 aliphatic carbocycles. The Labute approximate surface area is 146 Å². The number of carbonyl (C=O) groups excluding carboxylic acids is 1. The van der Waals surface area contributed by atoms with E-state index in [1.54, 1.807) is 10.3 Å². The summed E-state index contributed by atoms with van der Waals surface area (Å²) in [6.45, 7) is 0.732. The number of H-pyrrole nitrogens is 1. The van der Waals surface area contributed by atoms with Crippen molar-refractivity contribution in [2.45, 2.75) is 13.0 Å². The number of aromatic amines is 1. The molecular weight excluding hydrogens is 340 g/mol. The first-order valence-electron chi connectivity index (χ1n) is 7.73. The van der Waals surface area contributed by atoms with Crippen LogP contribution in [-0.4, -0.2) is 43.6 Å².